The fourth-order valence-electron chi connectivity index (χ4n) is 4.01. The second kappa shape index (κ2) is 9.24. The highest BCUT2D eigenvalue weighted by atomic mass is 16.5. The van der Waals surface area contributed by atoms with Crippen LogP contribution in [0.4, 0.5) is 0 Å². The van der Waals surface area contributed by atoms with Gasteiger partial charge in [-0.05, 0) is 31.9 Å². The number of amides is 2. The average Bonchev–Trinajstić information content (AvgIpc) is 3.66. The van der Waals surface area contributed by atoms with E-state index in [1.54, 1.807) is 41.5 Å². The van der Waals surface area contributed by atoms with Gasteiger partial charge in [-0.15, -0.1) is 0 Å². The number of rotatable bonds is 6. The third-order valence-electron chi connectivity index (χ3n) is 6.27. The van der Waals surface area contributed by atoms with E-state index in [4.69, 9.17) is 4.74 Å². The number of aromatic nitrogens is 2. The number of aliphatic hydroxyl groups excluding tert-OH is 1. The van der Waals surface area contributed by atoms with E-state index >= 15 is 0 Å². The molecule has 1 fully saturated rings. The maximum absolute atomic E-state index is 13.5. The first-order valence-electron chi connectivity index (χ1n) is 11.1. The summed E-state index contributed by atoms with van der Waals surface area (Å²) < 4.78 is 6.26. The molecule has 1 aliphatic heterocycles. The molecule has 2 aliphatic rings. The maximum Gasteiger partial charge on any atom is 0.259 e. The largest absolute Gasteiger partial charge is 0.472 e. The molecular weight excluding hydrogens is 408 g/mol. The highest BCUT2D eigenvalue weighted by Crippen LogP contribution is 2.32. The molecule has 4 rings (SSSR count). The first-order valence-corrected chi connectivity index (χ1v) is 11.1. The van der Waals surface area contributed by atoms with Gasteiger partial charge in [0, 0.05) is 55.1 Å². The van der Waals surface area contributed by atoms with E-state index in [1.165, 1.54) is 0 Å². The number of nitrogens with zero attached hydrogens (tertiary/aromatic N) is 4. The molecule has 2 aromatic heterocycles. The Morgan fingerprint density at radius 3 is 2.78 bits per heavy atom. The number of likely N-dealkylation sites (N-methyl/N-ethyl adjacent to an activating group) is 1. The quantitative estimate of drug-likeness (QED) is 0.743. The Bertz CT molecular complexity index is 979. The van der Waals surface area contributed by atoms with E-state index in [2.05, 4.69) is 9.97 Å². The summed E-state index contributed by atoms with van der Waals surface area (Å²) in [5.74, 6) is 0.230. The lowest BCUT2D eigenvalue weighted by Gasteiger charge is -2.37. The summed E-state index contributed by atoms with van der Waals surface area (Å²) in [5.41, 5.74) is 1.95. The predicted octanol–water partition coefficient (Wildman–Crippen LogP) is 2.23. The first-order chi connectivity index (χ1) is 15.4. The third-order valence-corrected chi connectivity index (χ3v) is 6.27. The van der Waals surface area contributed by atoms with Crippen LogP contribution >= 0.6 is 0 Å². The van der Waals surface area contributed by atoms with Gasteiger partial charge in [-0.3, -0.25) is 14.6 Å². The van der Waals surface area contributed by atoms with Crippen LogP contribution in [-0.4, -0.2) is 75.6 Å². The number of ether oxygens (including phenoxy) is 1. The van der Waals surface area contributed by atoms with Crippen molar-refractivity contribution in [3.05, 3.63) is 42.4 Å². The van der Waals surface area contributed by atoms with Gasteiger partial charge < -0.3 is 19.6 Å². The molecule has 3 heterocycles. The molecule has 32 heavy (non-hydrogen) atoms. The summed E-state index contributed by atoms with van der Waals surface area (Å²) >= 11 is 0. The Morgan fingerprint density at radius 1 is 1.34 bits per heavy atom. The third kappa shape index (κ3) is 4.60. The van der Waals surface area contributed by atoms with Crippen molar-refractivity contribution in [2.75, 3.05) is 26.7 Å². The molecular formula is C24H30N4O4. The monoisotopic (exact) mass is 438 g/mol. The molecule has 8 nitrogen and oxygen atoms in total. The van der Waals surface area contributed by atoms with Crippen LogP contribution in [-0.2, 0) is 4.79 Å². The lowest BCUT2D eigenvalue weighted by molar-refractivity contribution is -0.132. The van der Waals surface area contributed by atoms with E-state index in [0.717, 1.165) is 24.0 Å². The van der Waals surface area contributed by atoms with Gasteiger partial charge in [0.15, 0.2) is 0 Å². The number of carbonyl (C=O) groups is 2. The van der Waals surface area contributed by atoms with Gasteiger partial charge in [-0.2, -0.15) is 0 Å². The summed E-state index contributed by atoms with van der Waals surface area (Å²) in [6.45, 7) is 4.50. The highest BCUT2D eigenvalue weighted by molar-refractivity contribution is 5.98. The van der Waals surface area contributed by atoms with Crippen LogP contribution in [0.25, 0.3) is 11.1 Å². The Balaban J connectivity index is 1.69. The predicted molar refractivity (Wildman–Crippen MR) is 119 cm³/mol. The Morgan fingerprint density at radius 2 is 2.12 bits per heavy atom. The molecule has 0 radical (unpaired) electrons. The second-order valence-electron chi connectivity index (χ2n) is 8.93. The molecule has 0 bridgehead atoms. The highest BCUT2D eigenvalue weighted by Gasteiger charge is 2.37. The lowest BCUT2D eigenvalue weighted by Crippen LogP contribution is -2.50. The molecule has 1 aliphatic carbocycles. The van der Waals surface area contributed by atoms with E-state index in [1.807, 2.05) is 26.0 Å². The molecule has 0 unspecified atom stereocenters. The van der Waals surface area contributed by atoms with Crippen molar-refractivity contribution in [3.8, 4) is 17.0 Å². The van der Waals surface area contributed by atoms with Crippen molar-refractivity contribution in [1.82, 2.24) is 19.8 Å². The van der Waals surface area contributed by atoms with Gasteiger partial charge in [0.25, 0.3) is 5.91 Å². The van der Waals surface area contributed by atoms with Crippen molar-refractivity contribution >= 4 is 11.8 Å². The summed E-state index contributed by atoms with van der Waals surface area (Å²) in [7, 11) is 1.80. The van der Waals surface area contributed by atoms with Crippen molar-refractivity contribution in [2.24, 2.45) is 11.8 Å². The zero-order valence-electron chi connectivity index (χ0n) is 18.8. The second-order valence-corrected chi connectivity index (χ2v) is 8.93. The van der Waals surface area contributed by atoms with Crippen LogP contribution in [0.5, 0.6) is 5.88 Å². The number of carbonyl (C=O) groups excluding carboxylic acids is 2. The number of fused-ring (bicyclic) bond motifs is 1. The normalized spacial score (nSPS) is 21.8. The van der Waals surface area contributed by atoms with Crippen LogP contribution in [0, 0.1) is 11.8 Å². The fourth-order valence-corrected chi connectivity index (χ4v) is 4.01. The zero-order valence-corrected chi connectivity index (χ0v) is 18.8. The van der Waals surface area contributed by atoms with E-state index in [-0.39, 0.29) is 48.3 Å². The van der Waals surface area contributed by atoms with Crippen molar-refractivity contribution in [3.63, 3.8) is 0 Å². The number of pyridine rings is 2. The molecule has 8 heteroatoms. The van der Waals surface area contributed by atoms with Gasteiger partial charge in [-0.1, -0.05) is 13.0 Å². The SMILES string of the molecule is C[C@@H]1CN([C@@H](C)CO)C(=O)c2cc(-c3cccnc3)cnc2O[C@H]1CN(C)C(=O)C1CC1. The van der Waals surface area contributed by atoms with Crippen LogP contribution in [0.3, 0.4) is 0 Å². The van der Waals surface area contributed by atoms with Crippen molar-refractivity contribution < 1.29 is 19.4 Å². The molecule has 1 N–H and O–H groups in total. The number of hydrogen-bond donors (Lipinski definition) is 1. The van der Waals surface area contributed by atoms with Gasteiger partial charge in [-0.25, -0.2) is 4.98 Å². The minimum atomic E-state index is -0.357. The molecule has 0 aromatic carbocycles. The average molecular weight is 439 g/mol. The zero-order chi connectivity index (χ0) is 22.8. The Kier molecular flexibility index (Phi) is 6.41. The standard InChI is InChI=1S/C24H30N4O4/c1-15-12-28(16(2)14-29)24(31)20-9-19(18-5-4-8-25-10-18)11-26-22(20)32-21(15)13-27(3)23(30)17-6-7-17/h4-5,8-11,15-17,21,29H,6-7,12-14H2,1-3H3/t15-,16+,21+/m1/s1. The molecule has 3 atom stereocenters. The summed E-state index contributed by atoms with van der Waals surface area (Å²) in [5, 5.41) is 9.78. The fraction of sp³-hybridized carbons (Fsp3) is 0.500. The van der Waals surface area contributed by atoms with E-state index < -0.39 is 0 Å². The van der Waals surface area contributed by atoms with Crippen LogP contribution in [0.1, 0.15) is 37.0 Å². The summed E-state index contributed by atoms with van der Waals surface area (Å²) in [6, 6.07) is 5.14. The molecule has 2 aromatic rings. The topological polar surface area (TPSA) is 95.9 Å². The molecule has 170 valence electrons. The first kappa shape index (κ1) is 22.2. The Hall–Kier alpha value is -3.00. The van der Waals surface area contributed by atoms with Gasteiger partial charge in [0.2, 0.25) is 11.8 Å². The van der Waals surface area contributed by atoms with Crippen LogP contribution < -0.4 is 4.74 Å². The number of hydrogen-bond acceptors (Lipinski definition) is 6. The van der Waals surface area contributed by atoms with Gasteiger partial charge in [0.1, 0.15) is 11.7 Å². The van der Waals surface area contributed by atoms with Crippen molar-refractivity contribution in [1.29, 1.82) is 0 Å². The van der Waals surface area contributed by atoms with Crippen LogP contribution in [0.2, 0.25) is 0 Å². The molecule has 2 amide bonds. The number of aliphatic hydroxyl groups is 1. The smallest absolute Gasteiger partial charge is 0.259 e. The Labute approximate surface area is 188 Å². The van der Waals surface area contributed by atoms with Crippen LogP contribution in [0.15, 0.2) is 36.8 Å². The molecule has 0 saturated heterocycles. The van der Waals surface area contributed by atoms with Crippen molar-refractivity contribution in [2.45, 2.75) is 38.8 Å². The van der Waals surface area contributed by atoms with E-state index in [0.29, 0.717) is 18.7 Å². The minimum absolute atomic E-state index is 0.0599. The van der Waals surface area contributed by atoms with Gasteiger partial charge >= 0.3 is 0 Å². The molecule has 0 spiro atoms. The summed E-state index contributed by atoms with van der Waals surface area (Å²) in [6.07, 6.45) is 6.64. The maximum atomic E-state index is 13.5. The molecule has 1 saturated carbocycles. The lowest BCUT2D eigenvalue weighted by atomic mass is 9.99. The minimum Gasteiger partial charge on any atom is -0.472 e. The van der Waals surface area contributed by atoms with E-state index in [9.17, 15) is 14.7 Å². The van der Waals surface area contributed by atoms with Gasteiger partial charge in [0.05, 0.1) is 19.2 Å². The summed E-state index contributed by atoms with van der Waals surface area (Å²) in [4.78, 5) is 38.0.